The van der Waals surface area contributed by atoms with Crippen LogP contribution in [-0.4, -0.2) is 14.7 Å². The zero-order valence-corrected chi connectivity index (χ0v) is 10.1. The lowest BCUT2D eigenvalue weighted by atomic mass is 10.1. The van der Waals surface area contributed by atoms with Crippen LogP contribution >= 0.6 is 0 Å². The molecular formula is C11H18N2O3. The maximum Gasteiger partial charge on any atom is 0.331 e. The molecule has 16 heavy (non-hydrogen) atoms. The van der Waals surface area contributed by atoms with Crippen molar-refractivity contribution in [1.29, 1.82) is 0 Å². The maximum atomic E-state index is 11.6. The molecule has 0 aliphatic carbocycles. The van der Waals surface area contributed by atoms with Crippen molar-refractivity contribution in [2.24, 2.45) is 5.92 Å². The number of hydrogen-bond donors (Lipinski definition) is 2. The predicted octanol–water partition coefficient (Wildman–Crippen LogP) is 1.16. The second-order valence-corrected chi connectivity index (χ2v) is 4.56. The fourth-order valence-electron chi connectivity index (χ4n) is 1.83. The fourth-order valence-corrected chi connectivity index (χ4v) is 1.83. The zero-order chi connectivity index (χ0) is 12.5. The lowest BCUT2D eigenvalue weighted by Crippen LogP contribution is -2.33. The first-order valence-corrected chi connectivity index (χ1v) is 5.39. The lowest BCUT2D eigenvalue weighted by molar-refractivity contribution is 0.338. The van der Waals surface area contributed by atoms with Gasteiger partial charge in [0.2, 0.25) is 5.88 Å². The van der Waals surface area contributed by atoms with E-state index in [2.05, 4.69) is 4.98 Å². The van der Waals surface area contributed by atoms with Crippen LogP contribution in [0, 0.1) is 12.8 Å². The van der Waals surface area contributed by atoms with E-state index in [0.29, 0.717) is 5.92 Å². The molecule has 2 N–H and O–H groups in total. The van der Waals surface area contributed by atoms with E-state index in [9.17, 15) is 14.7 Å². The summed E-state index contributed by atoms with van der Waals surface area (Å²) in [6, 6.07) is -0.136. The fraction of sp³-hybridized carbons (Fsp3) is 0.636. The van der Waals surface area contributed by atoms with Gasteiger partial charge in [-0.15, -0.1) is 0 Å². The van der Waals surface area contributed by atoms with Crippen LogP contribution in [0.3, 0.4) is 0 Å². The predicted molar refractivity (Wildman–Crippen MR) is 61.9 cm³/mol. The van der Waals surface area contributed by atoms with E-state index in [0.717, 1.165) is 6.42 Å². The number of hydrogen-bond acceptors (Lipinski definition) is 3. The number of aromatic amines is 1. The minimum Gasteiger partial charge on any atom is -0.494 e. The van der Waals surface area contributed by atoms with E-state index < -0.39 is 11.2 Å². The van der Waals surface area contributed by atoms with Crippen LogP contribution in [0.4, 0.5) is 0 Å². The van der Waals surface area contributed by atoms with Gasteiger partial charge in [-0.25, -0.2) is 4.79 Å². The minimum absolute atomic E-state index is 0.136. The Balaban J connectivity index is 3.29. The Labute approximate surface area is 93.8 Å². The molecule has 0 aliphatic rings. The molecule has 0 aromatic carbocycles. The number of rotatable bonds is 3. The van der Waals surface area contributed by atoms with Crippen LogP contribution in [-0.2, 0) is 0 Å². The monoisotopic (exact) mass is 226 g/mol. The first-order chi connectivity index (χ1) is 7.34. The van der Waals surface area contributed by atoms with Crippen molar-refractivity contribution in [2.45, 2.75) is 40.2 Å². The first-order valence-electron chi connectivity index (χ1n) is 5.39. The normalized spacial score (nSPS) is 13.1. The summed E-state index contributed by atoms with van der Waals surface area (Å²) < 4.78 is 1.23. The molecule has 1 aromatic heterocycles. The molecule has 1 atom stereocenters. The van der Waals surface area contributed by atoms with Gasteiger partial charge in [-0.05, 0) is 26.2 Å². The van der Waals surface area contributed by atoms with Crippen LogP contribution in [0.2, 0.25) is 0 Å². The van der Waals surface area contributed by atoms with Gasteiger partial charge in [0.05, 0.1) is 5.56 Å². The molecular weight excluding hydrogens is 208 g/mol. The van der Waals surface area contributed by atoms with E-state index in [4.69, 9.17) is 0 Å². The van der Waals surface area contributed by atoms with Gasteiger partial charge in [0.25, 0.3) is 5.56 Å². The number of nitrogens with one attached hydrogen (secondary N) is 1. The van der Waals surface area contributed by atoms with Gasteiger partial charge < -0.3 is 5.11 Å². The van der Waals surface area contributed by atoms with Gasteiger partial charge in [-0.1, -0.05) is 13.8 Å². The molecule has 90 valence electrons. The van der Waals surface area contributed by atoms with Gasteiger partial charge in [0.15, 0.2) is 0 Å². The van der Waals surface area contributed by atoms with Gasteiger partial charge in [0, 0.05) is 6.04 Å². The van der Waals surface area contributed by atoms with Crippen molar-refractivity contribution in [2.75, 3.05) is 0 Å². The summed E-state index contributed by atoms with van der Waals surface area (Å²) >= 11 is 0. The summed E-state index contributed by atoms with van der Waals surface area (Å²) in [6.07, 6.45) is 0.763. The zero-order valence-electron chi connectivity index (χ0n) is 10.1. The van der Waals surface area contributed by atoms with Crippen molar-refractivity contribution in [3.8, 4) is 5.88 Å². The summed E-state index contributed by atoms with van der Waals surface area (Å²) in [7, 11) is 0. The highest BCUT2D eigenvalue weighted by Crippen LogP contribution is 2.20. The quantitative estimate of drug-likeness (QED) is 0.812. The summed E-state index contributed by atoms with van der Waals surface area (Å²) in [5.41, 5.74) is -0.910. The summed E-state index contributed by atoms with van der Waals surface area (Å²) in [6.45, 7) is 7.42. The Kier molecular flexibility index (Phi) is 3.57. The van der Waals surface area contributed by atoms with Crippen molar-refractivity contribution < 1.29 is 5.11 Å². The van der Waals surface area contributed by atoms with E-state index in [-0.39, 0.29) is 17.5 Å². The minimum atomic E-state index is -0.554. The van der Waals surface area contributed by atoms with Gasteiger partial charge in [0.1, 0.15) is 0 Å². The van der Waals surface area contributed by atoms with Gasteiger partial charge in [-0.3, -0.25) is 14.3 Å². The van der Waals surface area contributed by atoms with Crippen LogP contribution in [0.25, 0.3) is 0 Å². The molecule has 0 amide bonds. The Bertz CT molecular complexity index is 485. The summed E-state index contributed by atoms with van der Waals surface area (Å²) in [5.74, 6) is 0.176. The van der Waals surface area contributed by atoms with Crippen LogP contribution < -0.4 is 11.2 Å². The third-order valence-corrected chi connectivity index (χ3v) is 2.60. The Hall–Kier alpha value is -1.52. The molecule has 0 bridgehead atoms. The molecule has 0 saturated heterocycles. The number of nitrogens with zero attached hydrogens (tertiary/aromatic N) is 1. The first kappa shape index (κ1) is 12.5. The topological polar surface area (TPSA) is 75.1 Å². The van der Waals surface area contributed by atoms with Crippen LogP contribution in [0.5, 0.6) is 5.88 Å². The molecule has 1 aromatic rings. The molecule has 0 aliphatic heterocycles. The second kappa shape index (κ2) is 4.55. The van der Waals surface area contributed by atoms with Crippen LogP contribution in [0.1, 0.15) is 38.8 Å². The molecule has 0 spiro atoms. The standard InChI is InChI=1S/C11H18N2O3/c1-6(2)5-7(3)13-10(15)8(4)9(14)12-11(13)16/h6-7,15H,5H2,1-4H3,(H,12,14,16). The molecule has 5 heteroatoms. The third kappa shape index (κ3) is 2.35. The summed E-state index contributed by atoms with van der Waals surface area (Å²) in [4.78, 5) is 25.0. The Morgan fingerprint density at radius 1 is 1.31 bits per heavy atom. The largest absolute Gasteiger partial charge is 0.494 e. The highest BCUT2D eigenvalue weighted by Gasteiger charge is 2.16. The smallest absolute Gasteiger partial charge is 0.331 e. The van der Waals surface area contributed by atoms with Gasteiger partial charge >= 0.3 is 5.69 Å². The SMILES string of the molecule is Cc1c(O)n(C(C)CC(C)C)c(=O)[nH]c1=O. The molecule has 1 unspecified atom stereocenters. The van der Waals surface area contributed by atoms with E-state index in [1.165, 1.54) is 11.5 Å². The molecule has 0 fully saturated rings. The number of aromatic nitrogens is 2. The van der Waals surface area contributed by atoms with Crippen molar-refractivity contribution in [3.63, 3.8) is 0 Å². The van der Waals surface area contributed by atoms with Crippen LogP contribution in [0.15, 0.2) is 9.59 Å². The average Bonchev–Trinajstić information content (AvgIpc) is 2.13. The van der Waals surface area contributed by atoms with E-state index in [1.54, 1.807) is 0 Å². The van der Waals surface area contributed by atoms with Crippen molar-refractivity contribution in [3.05, 3.63) is 26.4 Å². The third-order valence-electron chi connectivity index (χ3n) is 2.60. The molecule has 0 radical (unpaired) electrons. The summed E-state index contributed by atoms with van der Waals surface area (Å²) in [5, 5.41) is 9.79. The van der Waals surface area contributed by atoms with E-state index >= 15 is 0 Å². The van der Waals surface area contributed by atoms with Gasteiger partial charge in [-0.2, -0.15) is 0 Å². The lowest BCUT2D eigenvalue weighted by Gasteiger charge is -2.18. The molecule has 1 heterocycles. The van der Waals surface area contributed by atoms with Crippen molar-refractivity contribution in [1.82, 2.24) is 9.55 Å². The molecule has 0 saturated carbocycles. The highest BCUT2D eigenvalue weighted by atomic mass is 16.3. The molecule has 1 rings (SSSR count). The second-order valence-electron chi connectivity index (χ2n) is 4.56. The highest BCUT2D eigenvalue weighted by molar-refractivity contribution is 5.20. The maximum absolute atomic E-state index is 11.6. The number of aromatic hydroxyl groups is 1. The molecule has 5 nitrogen and oxygen atoms in total. The van der Waals surface area contributed by atoms with E-state index in [1.807, 2.05) is 20.8 Å². The number of H-pyrrole nitrogens is 1. The average molecular weight is 226 g/mol. The van der Waals surface area contributed by atoms with Crippen molar-refractivity contribution >= 4 is 0 Å². The Morgan fingerprint density at radius 3 is 2.38 bits per heavy atom. The Morgan fingerprint density at radius 2 is 1.88 bits per heavy atom.